The maximum atomic E-state index is 9.91. The summed E-state index contributed by atoms with van der Waals surface area (Å²) in [6.07, 6.45) is 1.52. The standard InChI is InChI=1S/C14H10Cl3NO/c1-8-2-10(15)3-9(14(8)19)7-18-13-5-11(16)4-12(17)6-13/h2-7,19H,1H3/b18-7+. The van der Waals surface area contributed by atoms with E-state index in [9.17, 15) is 5.11 Å². The molecule has 0 aliphatic heterocycles. The Bertz CT molecular complexity index is 633. The molecule has 2 rings (SSSR count). The molecule has 0 unspecified atom stereocenters. The van der Waals surface area contributed by atoms with E-state index in [0.717, 1.165) is 0 Å². The summed E-state index contributed by atoms with van der Waals surface area (Å²) in [5.74, 6) is 0.154. The smallest absolute Gasteiger partial charge is 0.127 e. The summed E-state index contributed by atoms with van der Waals surface area (Å²) < 4.78 is 0. The molecular weight excluding hydrogens is 305 g/mol. The Labute approximate surface area is 126 Å². The Morgan fingerprint density at radius 2 is 1.53 bits per heavy atom. The molecule has 0 atom stereocenters. The van der Waals surface area contributed by atoms with Gasteiger partial charge in [-0.2, -0.15) is 0 Å². The molecule has 0 amide bonds. The summed E-state index contributed by atoms with van der Waals surface area (Å²) in [5.41, 5.74) is 1.84. The Balaban J connectivity index is 2.37. The summed E-state index contributed by atoms with van der Waals surface area (Å²) in [7, 11) is 0. The molecule has 2 nitrogen and oxygen atoms in total. The van der Waals surface area contributed by atoms with Gasteiger partial charge in [-0.15, -0.1) is 0 Å². The van der Waals surface area contributed by atoms with Gasteiger partial charge in [-0.3, -0.25) is 4.99 Å². The minimum absolute atomic E-state index is 0.154. The van der Waals surface area contributed by atoms with Crippen molar-refractivity contribution in [1.29, 1.82) is 0 Å². The molecule has 2 aromatic rings. The highest BCUT2D eigenvalue weighted by atomic mass is 35.5. The van der Waals surface area contributed by atoms with Crippen LogP contribution in [0.15, 0.2) is 35.3 Å². The zero-order chi connectivity index (χ0) is 14.0. The third kappa shape index (κ3) is 3.63. The number of phenolic OH excluding ortho intramolecular Hbond substituents is 1. The molecular formula is C14H10Cl3NO. The summed E-state index contributed by atoms with van der Waals surface area (Å²) in [6, 6.07) is 8.31. The van der Waals surface area contributed by atoms with Gasteiger partial charge in [0.25, 0.3) is 0 Å². The van der Waals surface area contributed by atoms with E-state index >= 15 is 0 Å². The van der Waals surface area contributed by atoms with Gasteiger partial charge in [-0.1, -0.05) is 34.8 Å². The number of rotatable bonds is 2. The molecule has 19 heavy (non-hydrogen) atoms. The van der Waals surface area contributed by atoms with Crippen molar-refractivity contribution in [2.45, 2.75) is 6.92 Å². The Kier molecular flexibility index (Phi) is 4.35. The van der Waals surface area contributed by atoms with Crippen molar-refractivity contribution in [3.8, 4) is 5.75 Å². The number of nitrogens with zero attached hydrogens (tertiary/aromatic N) is 1. The molecule has 1 N–H and O–H groups in total. The van der Waals surface area contributed by atoms with Crippen LogP contribution in [0.1, 0.15) is 11.1 Å². The Hall–Kier alpha value is -1.22. The lowest BCUT2D eigenvalue weighted by Gasteiger charge is -2.04. The van der Waals surface area contributed by atoms with Crippen LogP contribution in [0.2, 0.25) is 15.1 Å². The summed E-state index contributed by atoms with van der Waals surface area (Å²) in [4.78, 5) is 4.23. The highest BCUT2D eigenvalue weighted by Crippen LogP contribution is 2.27. The van der Waals surface area contributed by atoms with Crippen molar-refractivity contribution in [1.82, 2.24) is 0 Å². The topological polar surface area (TPSA) is 32.6 Å². The van der Waals surface area contributed by atoms with Crippen LogP contribution < -0.4 is 0 Å². The first-order chi connectivity index (χ1) is 8.95. The minimum atomic E-state index is 0.154. The number of benzene rings is 2. The summed E-state index contributed by atoms with van der Waals surface area (Å²) in [6.45, 7) is 1.77. The van der Waals surface area contributed by atoms with Crippen molar-refractivity contribution >= 4 is 46.7 Å². The average Bonchev–Trinajstić information content (AvgIpc) is 2.30. The lowest BCUT2D eigenvalue weighted by Crippen LogP contribution is -1.86. The lowest BCUT2D eigenvalue weighted by molar-refractivity contribution is 0.470. The highest BCUT2D eigenvalue weighted by Gasteiger charge is 2.04. The SMILES string of the molecule is Cc1cc(Cl)cc(/C=N/c2cc(Cl)cc(Cl)c2)c1O. The van der Waals surface area contributed by atoms with Gasteiger partial charge in [-0.25, -0.2) is 0 Å². The van der Waals surface area contributed by atoms with Crippen LogP contribution in [-0.4, -0.2) is 11.3 Å². The molecule has 0 bridgehead atoms. The number of hydrogen-bond donors (Lipinski definition) is 1. The largest absolute Gasteiger partial charge is 0.507 e. The quantitative estimate of drug-likeness (QED) is 0.738. The second-order valence-corrected chi connectivity index (χ2v) is 5.36. The fraction of sp³-hybridized carbons (Fsp3) is 0.0714. The molecule has 0 fully saturated rings. The molecule has 2 aromatic carbocycles. The average molecular weight is 315 g/mol. The fourth-order valence-corrected chi connectivity index (χ4v) is 2.41. The Morgan fingerprint density at radius 1 is 0.947 bits per heavy atom. The number of halogens is 3. The molecule has 0 aliphatic carbocycles. The summed E-state index contributed by atoms with van der Waals surface area (Å²) >= 11 is 17.7. The van der Waals surface area contributed by atoms with Crippen molar-refractivity contribution in [2.24, 2.45) is 4.99 Å². The second kappa shape index (κ2) is 5.83. The van der Waals surface area contributed by atoms with Crippen LogP contribution in [0, 0.1) is 6.92 Å². The minimum Gasteiger partial charge on any atom is -0.507 e. The van der Waals surface area contributed by atoms with E-state index in [0.29, 0.717) is 31.9 Å². The highest BCUT2D eigenvalue weighted by molar-refractivity contribution is 6.35. The van der Waals surface area contributed by atoms with Gasteiger partial charge in [0.2, 0.25) is 0 Å². The van der Waals surface area contributed by atoms with Gasteiger partial charge in [0.1, 0.15) is 5.75 Å². The van der Waals surface area contributed by atoms with Crippen LogP contribution in [0.25, 0.3) is 0 Å². The maximum absolute atomic E-state index is 9.91. The maximum Gasteiger partial charge on any atom is 0.127 e. The third-order valence-corrected chi connectivity index (χ3v) is 3.15. The van der Waals surface area contributed by atoms with Crippen molar-refractivity contribution in [2.75, 3.05) is 0 Å². The van der Waals surface area contributed by atoms with Gasteiger partial charge in [-0.05, 0) is 42.8 Å². The molecule has 0 saturated carbocycles. The molecule has 0 aliphatic rings. The predicted molar refractivity (Wildman–Crippen MR) is 81.6 cm³/mol. The van der Waals surface area contributed by atoms with E-state index in [1.165, 1.54) is 6.21 Å². The first-order valence-corrected chi connectivity index (χ1v) is 6.58. The normalized spacial score (nSPS) is 11.2. The van der Waals surface area contributed by atoms with Gasteiger partial charge >= 0.3 is 0 Å². The van der Waals surface area contributed by atoms with Crippen LogP contribution in [0.5, 0.6) is 5.75 Å². The molecule has 0 radical (unpaired) electrons. The molecule has 0 saturated heterocycles. The van der Waals surface area contributed by atoms with E-state index in [1.54, 1.807) is 37.3 Å². The van der Waals surface area contributed by atoms with E-state index in [4.69, 9.17) is 34.8 Å². The van der Waals surface area contributed by atoms with E-state index in [1.807, 2.05) is 0 Å². The molecule has 0 aromatic heterocycles. The van der Waals surface area contributed by atoms with Crippen molar-refractivity contribution < 1.29 is 5.11 Å². The number of aryl methyl sites for hydroxylation is 1. The first kappa shape index (κ1) is 14.2. The molecule has 0 spiro atoms. The third-order valence-electron chi connectivity index (χ3n) is 2.49. The van der Waals surface area contributed by atoms with Gasteiger partial charge in [0.05, 0.1) is 5.69 Å². The fourth-order valence-electron chi connectivity index (χ4n) is 1.62. The zero-order valence-corrected chi connectivity index (χ0v) is 12.3. The summed E-state index contributed by atoms with van der Waals surface area (Å²) in [5, 5.41) is 11.5. The number of aromatic hydroxyl groups is 1. The van der Waals surface area contributed by atoms with Crippen molar-refractivity contribution in [3.63, 3.8) is 0 Å². The van der Waals surface area contributed by atoms with E-state index < -0.39 is 0 Å². The Morgan fingerprint density at radius 3 is 2.16 bits per heavy atom. The lowest BCUT2D eigenvalue weighted by atomic mass is 10.1. The van der Waals surface area contributed by atoms with Crippen LogP contribution in [0.4, 0.5) is 5.69 Å². The molecule has 5 heteroatoms. The van der Waals surface area contributed by atoms with Crippen molar-refractivity contribution in [3.05, 3.63) is 56.5 Å². The van der Waals surface area contributed by atoms with Crippen LogP contribution in [0.3, 0.4) is 0 Å². The van der Waals surface area contributed by atoms with Crippen LogP contribution >= 0.6 is 34.8 Å². The van der Waals surface area contributed by atoms with Crippen LogP contribution in [-0.2, 0) is 0 Å². The monoisotopic (exact) mass is 313 g/mol. The number of hydrogen-bond acceptors (Lipinski definition) is 2. The first-order valence-electron chi connectivity index (χ1n) is 5.45. The van der Waals surface area contributed by atoms with Gasteiger partial charge in [0, 0.05) is 26.8 Å². The van der Waals surface area contributed by atoms with E-state index in [-0.39, 0.29) is 5.75 Å². The second-order valence-electron chi connectivity index (χ2n) is 4.05. The number of phenols is 1. The zero-order valence-electron chi connectivity index (χ0n) is 9.99. The predicted octanol–water partition coefficient (Wildman–Crippen LogP) is 5.41. The van der Waals surface area contributed by atoms with Gasteiger partial charge < -0.3 is 5.11 Å². The van der Waals surface area contributed by atoms with Gasteiger partial charge in [0.15, 0.2) is 0 Å². The number of aliphatic imine (C=N–C) groups is 1. The molecule has 98 valence electrons. The van der Waals surface area contributed by atoms with E-state index in [2.05, 4.69) is 4.99 Å². The molecule has 0 heterocycles.